The number of pyridine rings is 2. The molecular weight excluding hydrogens is 349 g/mol. The van der Waals surface area contributed by atoms with Gasteiger partial charge in [-0.3, -0.25) is 14.2 Å². The normalized spacial score (nSPS) is 12.1. The van der Waals surface area contributed by atoms with Gasteiger partial charge in [0.15, 0.2) is 0 Å². The molecule has 1 amide bonds. The van der Waals surface area contributed by atoms with Crippen LogP contribution in [-0.2, 0) is 11.3 Å². The molecule has 27 heavy (non-hydrogen) atoms. The summed E-state index contributed by atoms with van der Waals surface area (Å²) in [6, 6.07) is 10.9. The fourth-order valence-corrected chi connectivity index (χ4v) is 2.91. The van der Waals surface area contributed by atoms with E-state index in [0.717, 1.165) is 0 Å². The van der Waals surface area contributed by atoms with Crippen LogP contribution in [0.2, 0.25) is 0 Å². The summed E-state index contributed by atoms with van der Waals surface area (Å²) in [4.78, 5) is 29.8. The van der Waals surface area contributed by atoms with Crippen LogP contribution in [0.25, 0.3) is 11.0 Å². The Kier molecular flexibility index (Phi) is 5.61. The maximum atomic E-state index is 14.1. The Morgan fingerprint density at radius 1 is 1.30 bits per heavy atom. The second kappa shape index (κ2) is 8.09. The lowest BCUT2D eigenvalue weighted by Crippen LogP contribution is -2.39. The maximum Gasteiger partial charge on any atom is 0.265 e. The number of rotatable bonds is 6. The Hall–Kier alpha value is -3.06. The van der Waals surface area contributed by atoms with Gasteiger partial charge in [0, 0.05) is 30.3 Å². The van der Waals surface area contributed by atoms with Gasteiger partial charge in [0.25, 0.3) is 11.5 Å². The SMILES string of the molecule is COC[C@H](C)NC(=O)c1cc2cccnc2n(Cc2ccccc2F)c1=O. The van der Waals surface area contributed by atoms with E-state index in [9.17, 15) is 14.0 Å². The van der Waals surface area contributed by atoms with Gasteiger partial charge in [-0.05, 0) is 31.2 Å². The molecule has 1 aromatic carbocycles. The van der Waals surface area contributed by atoms with Crippen molar-refractivity contribution in [1.82, 2.24) is 14.9 Å². The fraction of sp³-hybridized carbons (Fsp3) is 0.250. The van der Waals surface area contributed by atoms with Gasteiger partial charge in [-0.15, -0.1) is 0 Å². The smallest absolute Gasteiger partial charge is 0.265 e. The number of hydrogen-bond donors (Lipinski definition) is 1. The van der Waals surface area contributed by atoms with Gasteiger partial charge in [0.05, 0.1) is 13.2 Å². The summed E-state index contributed by atoms with van der Waals surface area (Å²) in [5, 5.41) is 3.36. The molecule has 1 atom stereocenters. The summed E-state index contributed by atoms with van der Waals surface area (Å²) in [6.45, 7) is 2.08. The number of hydrogen-bond acceptors (Lipinski definition) is 4. The molecule has 3 rings (SSSR count). The van der Waals surface area contributed by atoms with Crippen LogP contribution in [0.3, 0.4) is 0 Å². The van der Waals surface area contributed by atoms with Gasteiger partial charge < -0.3 is 10.1 Å². The highest BCUT2D eigenvalue weighted by molar-refractivity contribution is 5.97. The van der Waals surface area contributed by atoms with E-state index < -0.39 is 17.3 Å². The monoisotopic (exact) mass is 369 g/mol. The van der Waals surface area contributed by atoms with E-state index in [1.807, 2.05) is 0 Å². The second-order valence-corrected chi connectivity index (χ2v) is 6.29. The highest BCUT2D eigenvalue weighted by atomic mass is 19.1. The summed E-state index contributed by atoms with van der Waals surface area (Å²) in [5.74, 6) is -0.922. The third kappa shape index (κ3) is 4.03. The summed E-state index contributed by atoms with van der Waals surface area (Å²) in [5.41, 5.74) is 0.200. The molecule has 1 N–H and O–H groups in total. The van der Waals surface area contributed by atoms with Crippen LogP contribution in [0.15, 0.2) is 53.5 Å². The molecule has 0 aliphatic heterocycles. The van der Waals surface area contributed by atoms with E-state index in [-0.39, 0.29) is 18.2 Å². The average molecular weight is 369 g/mol. The van der Waals surface area contributed by atoms with Gasteiger partial charge in [0.2, 0.25) is 0 Å². The van der Waals surface area contributed by atoms with Crippen LogP contribution >= 0.6 is 0 Å². The molecule has 0 aliphatic rings. The topological polar surface area (TPSA) is 73.2 Å². The molecule has 0 saturated heterocycles. The van der Waals surface area contributed by atoms with Crippen molar-refractivity contribution in [1.29, 1.82) is 0 Å². The molecule has 140 valence electrons. The van der Waals surface area contributed by atoms with Crippen LogP contribution < -0.4 is 10.9 Å². The number of nitrogens with one attached hydrogen (secondary N) is 1. The lowest BCUT2D eigenvalue weighted by atomic mass is 10.1. The first-order chi connectivity index (χ1) is 13.0. The minimum atomic E-state index is -0.522. The first-order valence-corrected chi connectivity index (χ1v) is 8.53. The molecule has 3 aromatic rings. The zero-order chi connectivity index (χ0) is 19.4. The van der Waals surface area contributed by atoms with Crippen molar-refractivity contribution < 1.29 is 13.9 Å². The lowest BCUT2D eigenvalue weighted by molar-refractivity contribution is 0.0903. The number of ether oxygens (including phenoxy) is 1. The number of fused-ring (bicyclic) bond motifs is 1. The van der Waals surface area contributed by atoms with Gasteiger partial charge >= 0.3 is 0 Å². The Bertz CT molecular complexity index is 1030. The number of methoxy groups -OCH3 is 1. The van der Waals surface area contributed by atoms with E-state index in [0.29, 0.717) is 23.2 Å². The highest BCUT2D eigenvalue weighted by Crippen LogP contribution is 2.14. The third-order valence-corrected chi connectivity index (χ3v) is 4.17. The van der Waals surface area contributed by atoms with Gasteiger partial charge in [-0.2, -0.15) is 0 Å². The summed E-state index contributed by atoms with van der Waals surface area (Å²) >= 11 is 0. The molecule has 0 spiro atoms. The lowest BCUT2D eigenvalue weighted by Gasteiger charge is -2.15. The molecule has 0 radical (unpaired) electrons. The number of benzene rings is 1. The molecule has 0 saturated carbocycles. The van der Waals surface area contributed by atoms with Crippen molar-refractivity contribution in [2.45, 2.75) is 19.5 Å². The van der Waals surface area contributed by atoms with Gasteiger partial charge in [-0.25, -0.2) is 9.37 Å². The zero-order valence-electron chi connectivity index (χ0n) is 15.1. The van der Waals surface area contributed by atoms with Crippen LogP contribution in [0.1, 0.15) is 22.8 Å². The minimum absolute atomic E-state index is 0.0187. The molecule has 0 aliphatic carbocycles. The number of nitrogens with zero attached hydrogens (tertiary/aromatic N) is 2. The van der Waals surface area contributed by atoms with E-state index in [1.165, 1.54) is 23.8 Å². The Labute approximate surface area is 155 Å². The van der Waals surface area contributed by atoms with E-state index in [2.05, 4.69) is 10.3 Å². The summed E-state index contributed by atoms with van der Waals surface area (Å²) < 4.78 is 20.4. The van der Waals surface area contributed by atoms with Crippen LogP contribution in [0.5, 0.6) is 0 Å². The number of aromatic nitrogens is 2. The average Bonchev–Trinajstić information content (AvgIpc) is 2.65. The first-order valence-electron chi connectivity index (χ1n) is 8.53. The predicted molar refractivity (Wildman–Crippen MR) is 100 cm³/mol. The number of amides is 1. The second-order valence-electron chi connectivity index (χ2n) is 6.29. The molecule has 2 heterocycles. The first kappa shape index (κ1) is 18.7. The van der Waals surface area contributed by atoms with E-state index in [4.69, 9.17) is 4.74 Å². The van der Waals surface area contributed by atoms with E-state index >= 15 is 0 Å². The molecule has 0 bridgehead atoms. The highest BCUT2D eigenvalue weighted by Gasteiger charge is 2.18. The number of carbonyl (C=O) groups excluding carboxylic acids is 1. The summed E-state index contributed by atoms with van der Waals surface area (Å²) in [7, 11) is 1.53. The quantitative estimate of drug-likeness (QED) is 0.724. The Morgan fingerprint density at radius 3 is 2.81 bits per heavy atom. The van der Waals surface area contributed by atoms with Gasteiger partial charge in [-0.1, -0.05) is 18.2 Å². The summed E-state index contributed by atoms with van der Waals surface area (Å²) in [6.07, 6.45) is 1.56. The third-order valence-electron chi connectivity index (χ3n) is 4.17. The van der Waals surface area contributed by atoms with Crippen molar-refractivity contribution in [3.63, 3.8) is 0 Å². The minimum Gasteiger partial charge on any atom is -0.383 e. The number of halogens is 1. The molecule has 7 heteroatoms. The van der Waals surface area contributed by atoms with Crippen LogP contribution in [0, 0.1) is 5.82 Å². The Balaban J connectivity index is 2.09. The van der Waals surface area contributed by atoms with E-state index in [1.54, 1.807) is 43.5 Å². The largest absolute Gasteiger partial charge is 0.383 e. The predicted octanol–water partition coefficient (Wildman–Crippen LogP) is 2.35. The van der Waals surface area contributed by atoms with Crippen LogP contribution in [-0.4, -0.2) is 35.2 Å². The fourth-order valence-electron chi connectivity index (χ4n) is 2.91. The van der Waals surface area contributed by atoms with Crippen molar-refractivity contribution in [2.24, 2.45) is 0 Å². The molecule has 0 fully saturated rings. The van der Waals surface area contributed by atoms with Crippen molar-refractivity contribution in [3.8, 4) is 0 Å². The molecular formula is C20H20FN3O3. The molecule has 2 aromatic heterocycles. The molecule has 6 nitrogen and oxygen atoms in total. The maximum absolute atomic E-state index is 14.1. The van der Waals surface area contributed by atoms with Crippen LogP contribution in [0.4, 0.5) is 4.39 Å². The molecule has 0 unspecified atom stereocenters. The van der Waals surface area contributed by atoms with Crippen molar-refractivity contribution in [2.75, 3.05) is 13.7 Å². The standard InChI is InChI=1S/C20H20FN3O3/c1-13(12-27-2)23-19(25)16-10-14-7-5-9-22-18(14)24(20(16)26)11-15-6-3-4-8-17(15)21/h3-10,13H,11-12H2,1-2H3,(H,23,25)/t13-/m0/s1. The number of carbonyl (C=O) groups is 1. The van der Waals surface area contributed by atoms with Crippen molar-refractivity contribution in [3.05, 3.63) is 76.0 Å². The van der Waals surface area contributed by atoms with Gasteiger partial charge in [0.1, 0.15) is 17.0 Å². The Morgan fingerprint density at radius 2 is 2.07 bits per heavy atom. The van der Waals surface area contributed by atoms with Crippen molar-refractivity contribution >= 4 is 16.9 Å². The zero-order valence-corrected chi connectivity index (χ0v) is 15.1.